The van der Waals surface area contributed by atoms with Crippen molar-refractivity contribution in [1.82, 2.24) is 9.47 Å². The maximum absolute atomic E-state index is 13.5. The monoisotopic (exact) mass is 631 g/mol. The van der Waals surface area contributed by atoms with Gasteiger partial charge in [-0.15, -0.1) is 0 Å². The number of hydrogen-bond donors (Lipinski definition) is 1. The number of anilines is 1. The lowest BCUT2D eigenvalue weighted by atomic mass is 10.1. The second-order valence-electron chi connectivity index (χ2n) is 8.41. The van der Waals surface area contributed by atoms with Crippen LogP contribution in [-0.4, -0.2) is 33.1 Å². The lowest BCUT2D eigenvalue weighted by Crippen LogP contribution is -2.36. The molecule has 1 fully saturated rings. The summed E-state index contributed by atoms with van der Waals surface area (Å²) in [6.07, 6.45) is 3.49. The van der Waals surface area contributed by atoms with Crippen molar-refractivity contribution in [3.63, 3.8) is 0 Å². The molecule has 1 aliphatic heterocycles. The molecule has 0 saturated carbocycles. The summed E-state index contributed by atoms with van der Waals surface area (Å²) >= 11 is 16.4. The number of aromatic nitrogens is 1. The van der Waals surface area contributed by atoms with Crippen molar-refractivity contribution in [3.05, 3.63) is 103 Å². The highest BCUT2D eigenvalue weighted by molar-refractivity contribution is 9.10. The Balaban J connectivity index is 1.37. The van der Waals surface area contributed by atoms with Crippen molar-refractivity contribution in [2.45, 2.75) is 6.54 Å². The fourth-order valence-electron chi connectivity index (χ4n) is 4.05. The van der Waals surface area contributed by atoms with Gasteiger partial charge in [-0.1, -0.05) is 47.5 Å². The minimum absolute atomic E-state index is 0.206. The van der Waals surface area contributed by atoms with E-state index in [-0.39, 0.29) is 4.91 Å². The Morgan fingerprint density at radius 1 is 1.05 bits per heavy atom. The van der Waals surface area contributed by atoms with Crippen molar-refractivity contribution in [3.8, 4) is 0 Å². The Bertz CT molecular complexity index is 1660. The number of para-hydroxylation sites is 1. The highest BCUT2D eigenvalue weighted by Gasteiger charge is 2.36. The highest BCUT2D eigenvalue weighted by Crippen LogP contribution is 2.34. The predicted octanol–water partition coefficient (Wildman–Crippen LogP) is 7.57. The van der Waals surface area contributed by atoms with Crippen LogP contribution in [0.3, 0.4) is 0 Å². The fraction of sp³-hybridized carbons (Fsp3) is 0.0741. The van der Waals surface area contributed by atoms with E-state index < -0.39 is 29.4 Å². The van der Waals surface area contributed by atoms with E-state index in [9.17, 15) is 18.8 Å². The number of carbonyl (C=O) groups is 3. The molecular formula is C27H17BrCl2FN3O3S. The number of nitrogens with zero attached hydrogens (tertiary/aromatic N) is 2. The van der Waals surface area contributed by atoms with Crippen LogP contribution < -0.4 is 5.32 Å². The molecule has 5 rings (SSSR count). The van der Waals surface area contributed by atoms with Gasteiger partial charge < -0.3 is 9.88 Å². The molecule has 2 heterocycles. The van der Waals surface area contributed by atoms with E-state index in [0.29, 0.717) is 26.8 Å². The number of amides is 3. The Hall–Kier alpha value is -3.11. The van der Waals surface area contributed by atoms with Crippen molar-refractivity contribution in [2.24, 2.45) is 0 Å². The third kappa shape index (κ3) is 5.51. The van der Waals surface area contributed by atoms with Crippen LogP contribution >= 0.6 is 50.9 Å². The standard InChI is InChI=1S/C27H17BrCl2FN3O3S/c28-20-8-7-18(11-22(20)30)32-25(35)14-34-26(36)24(38-27(34)37)9-16-13-33(23-4-2-1-3-19(16)23)12-15-5-6-17(31)10-21(15)29/h1-11,13H,12,14H2,(H,32,35)/b24-9-. The van der Waals surface area contributed by atoms with Gasteiger partial charge in [-0.05, 0) is 75.7 Å². The first-order chi connectivity index (χ1) is 18.2. The summed E-state index contributed by atoms with van der Waals surface area (Å²) in [5.41, 5.74) is 2.78. The smallest absolute Gasteiger partial charge is 0.294 e. The number of carbonyl (C=O) groups excluding carboxylic acids is 3. The zero-order valence-corrected chi connectivity index (χ0v) is 23.3. The van der Waals surface area contributed by atoms with Gasteiger partial charge in [-0.3, -0.25) is 19.3 Å². The molecule has 0 radical (unpaired) electrons. The minimum Gasteiger partial charge on any atom is -0.342 e. The summed E-state index contributed by atoms with van der Waals surface area (Å²) in [7, 11) is 0. The first kappa shape index (κ1) is 26.5. The van der Waals surface area contributed by atoms with E-state index in [2.05, 4.69) is 21.2 Å². The number of nitrogens with one attached hydrogen (secondary N) is 1. The second-order valence-corrected chi connectivity index (χ2v) is 11.1. The predicted molar refractivity (Wildman–Crippen MR) is 153 cm³/mol. The number of thioether (sulfide) groups is 1. The molecule has 3 aromatic carbocycles. The third-order valence-corrected chi connectivity index (χ3v) is 8.33. The van der Waals surface area contributed by atoms with Gasteiger partial charge in [0, 0.05) is 44.4 Å². The number of rotatable bonds is 6. The molecule has 1 aromatic heterocycles. The van der Waals surface area contributed by atoms with Crippen LogP contribution in [0.5, 0.6) is 0 Å². The van der Waals surface area contributed by atoms with Gasteiger partial charge >= 0.3 is 0 Å². The van der Waals surface area contributed by atoms with Crippen molar-refractivity contribution >= 4 is 90.6 Å². The lowest BCUT2D eigenvalue weighted by Gasteiger charge is -2.12. The molecule has 0 unspecified atom stereocenters. The van der Waals surface area contributed by atoms with Gasteiger partial charge in [0.1, 0.15) is 12.4 Å². The fourth-order valence-corrected chi connectivity index (χ4v) is 5.53. The van der Waals surface area contributed by atoms with Gasteiger partial charge in [0.05, 0.1) is 9.93 Å². The molecule has 4 aromatic rings. The van der Waals surface area contributed by atoms with Crippen LogP contribution in [0.2, 0.25) is 10.0 Å². The molecule has 11 heteroatoms. The van der Waals surface area contributed by atoms with Crippen LogP contribution in [0.4, 0.5) is 14.9 Å². The molecule has 38 heavy (non-hydrogen) atoms. The summed E-state index contributed by atoms with van der Waals surface area (Å²) in [6, 6.07) is 16.7. The summed E-state index contributed by atoms with van der Waals surface area (Å²) in [6.45, 7) is -0.0459. The van der Waals surface area contributed by atoms with Gasteiger partial charge in [-0.25, -0.2) is 4.39 Å². The van der Waals surface area contributed by atoms with Gasteiger partial charge in [0.15, 0.2) is 0 Å². The zero-order chi connectivity index (χ0) is 27.0. The van der Waals surface area contributed by atoms with Gasteiger partial charge in [0.2, 0.25) is 5.91 Å². The topological polar surface area (TPSA) is 71.4 Å². The molecule has 0 bridgehead atoms. The maximum Gasteiger partial charge on any atom is 0.294 e. The lowest BCUT2D eigenvalue weighted by molar-refractivity contribution is -0.127. The average molecular weight is 633 g/mol. The van der Waals surface area contributed by atoms with E-state index in [0.717, 1.165) is 38.7 Å². The Kier molecular flexibility index (Phi) is 7.63. The zero-order valence-electron chi connectivity index (χ0n) is 19.4. The molecule has 1 aliphatic rings. The molecule has 6 nitrogen and oxygen atoms in total. The van der Waals surface area contributed by atoms with Crippen LogP contribution in [0.1, 0.15) is 11.1 Å². The summed E-state index contributed by atoms with van der Waals surface area (Å²) in [5, 5.41) is 3.70. The molecule has 3 amide bonds. The average Bonchev–Trinajstić information content (AvgIpc) is 3.35. The molecule has 0 spiro atoms. The van der Waals surface area contributed by atoms with Crippen LogP contribution in [0.15, 0.2) is 76.2 Å². The number of halogens is 4. The maximum atomic E-state index is 13.5. The van der Waals surface area contributed by atoms with Gasteiger partial charge in [-0.2, -0.15) is 0 Å². The van der Waals surface area contributed by atoms with Gasteiger partial charge in [0.25, 0.3) is 11.1 Å². The SMILES string of the molecule is O=C(CN1C(=O)S/C(=C\c2cn(Cc3ccc(F)cc3Cl)c3ccccc23)C1=O)Nc1ccc(Br)c(Cl)c1. The molecule has 192 valence electrons. The Morgan fingerprint density at radius 2 is 1.84 bits per heavy atom. The minimum atomic E-state index is -0.553. The van der Waals surface area contributed by atoms with Crippen molar-refractivity contribution in [2.75, 3.05) is 11.9 Å². The molecule has 1 N–H and O–H groups in total. The second kappa shape index (κ2) is 10.9. The van der Waals surface area contributed by atoms with Crippen molar-refractivity contribution in [1.29, 1.82) is 0 Å². The highest BCUT2D eigenvalue weighted by atomic mass is 79.9. The first-order valence-corrected chi connectivity index (χ1v) is 13.6. The number of benzene rings is 3. The number of imide groups is 1. The van der Waals surface area contributed by atoms with E-state index in [4.69, 9.17) is 23.2 Å². The molecule has 0 atom stereocenters. The van der Waals surface area contributed by atoms with Crippen molar-refractivity contribution < 1.29 is 18.8 Å². The molecular weight excluding hydrogens is 616 g/mol. The Labute approximate surface area is 239 Å². The van der Waals surface area contributed by atoms with Crippen LogP contribution in [0, 0.1) is 5.82 Å². The normalized spacial score (nSPS) is 14.6. The number of fused-ring (bicyclic) bond motifs is 1. The van der Waals surface area contributed by atoms with E-state index in [1.54, 1.807) is 30.3 Å². The van der Waals surface area contributed by atoms with E-state index in [1.165, 1.54) is 12.1 Å². The summed E-state index contributed by atoms with van der Waals surface area (Å²) in [4.78, 5) is 39.3. The van der Waals surface area contributed by atoms with Crippen LogP contribution in [0.25, 0.3) is 17.0 Å². The van der Waals surface area contributed by atoms with E-state index >= 15 is 0 Å². The molecule has 0 aliphatic carbocycles. The van der Waals surface area contributed by atoms with E-state index in [1.807, 2.05) is 35.0 Å². The Morgan fingerprint density at radius 3 is 2.61 bits per heavy atom. The summed E-state index contributed by atoms with van der Waals surface area (Å²) < 4.78 is 16.1. The largest absolute Gasteiger partial charge is 0.342 e. The quantitative estimate of drug-likeness (QED) is 0.223. The first-order valence-electron chi connectivity index (χ1n) is 11.2. The number of hydrogen-bond acceptors (Lipinski definition) is 4. The summed E-state index contributed by atoms with van der Waals surface area (Å²) in [5.74, 6) is -1.50. The molecule has 1 saturated heterocycles. The third-order valence-electron chi connectivity index (χ3n) is 5.84. The van der Waals surface area contributed by atoms with Crippen LogP contribution in [-0.2, 0) is 16.1 Å².